The van der Waals surface area contributed by atoms with E-state index in [4.69, 9.17) is 9.84 Å². The van der Waals surface area contributed by atoms with Gasteiger partial charge in [-0.15, -0.1) is 0 Å². The van der Waals surface area contributed by atoms with Gasteiger partial charge in [-0.2, -0.15) is 0 Å². The average molecular weight is 367 g/mol. The summed E-state index contributed by atoms with van der Waals surface area (Å²) in [7, 11) is 0. The second-order valence-corrected chi connectivity index (χ2v) is 6.32. The first-order valence-electron chi connectivity index (χ1n) is 8.48. The third kappa shape index (κ3) is 8.50. The Morgan fingerprint density at radius 2 is 1.80 bits per heavy atom. The summed E-state index contributed by atoms with van der Waals surface area (Å²) in [5.41, 5.74) is 0. The van der Waals surface area contributed by atoms with E-state index in [-0.39, 0.29) is 42.8 Å². The van der Waals surface area contributed by atoms with Crippen LogP contribution in [-0.2, 0) is 19.1 Å². The number of hydrogen-bond acceptors (Lipinski definition) is 5. The van der Waals surface area contributed by atoms with Gasteiger partial charge in [0.25, 0.3) is 5.91 Å². The van der Waals surface area contributed by atoms with Gasteiger partial charge in [-0.25, -0.2) is 4.79 Å². The average Bonchev–Trinajstić information content (AvgIpc) is 3.31. The second-order valence-electron chi connectivity index (χ2n) is 6.32. The molecule has 1 saturated heterocycles. The van der Waals surface area contributed by atoms with Gasteiger partial charge in [0.1, 0.15) is 6.04 Å². The Kier molecular flexibility index (Phi) is 11.5. The Bertz CT molecular complexity index is 463. The van der Waals surface area contributed by atoms with Gasteiger partial charge in [0, 0.05) is 13.1 Å². The van der Waals surface area contributed by atoms with Crippen molar-refractivity contribution in [1.82, 2.24) is 15.5 Å². The van der Waals surface area contributed by atoms with Crippen molar-refractivity contribution >= 4 is 17.8 Å². The van der Waals surface area contributed by atoms with Gasteiger partial charge in [0.05, 0.1) is 0 Å². The topological polar surface area (TPSA) is 111 Å². The zero-order valence-corrected chi connectivity index (χ0v) is 17.9. The second kappa shape index (κ2) is 11.9. The van der Waals surface area contributed by atoms with Crippen LogP contribution in [0.1, 0.15) is 35.5 Å². The van der Waals surface area contributed by atoms with Crippen LogP contribution >= 0.6 is 0 Å². The van der Waals surface area contributed by atoms with Crippen molar-refractivity contribution in [3.05, 3.63) is 0 Å². The predicted molar refractivity (Wildman–Crippen MR) is 89.6 cm³/mol. The molecule has 8 nitrogen and oxygen atoms in total. The SMILES string of the molecule is CCN(CC)CCNC(=O)[C@H](CC(C)C)NC(=O)[C@H]1O[C@@H]1C(=O)O.[H-].[Na+]. The summed E-state index contributed by atoms with van der Waals surface area (Å²) in [4.78, 5) is 37.3. The molecule has 1 rings (SSSR count). The molecular formula is C16H30N3NaO5. The van der Waals surface area contributed by atoms with E-state index in [0.717, 1.165) is 19.6 Å². The van der Waals surface area contributed by atoms with Gasteiger partial charge >= 0.3 is 35.5 Å². The normalized spacial score (nSPS) is 19.9. The molecule has 0 radical (unpaired) electrons. The van der Waals surface area contributed by atoms with Crippen LogP contribution < -0.4 is 40.2 Å². The quantitative estimate of drug-likeness (QED) is 0.264. The molecule has 0 aromatic carbocycles. The fourth-order valence-corrected chi connectivity index (χ4v) is 2.46. The fraction of sp³-hybridized carbons (Fsp3) is 0.812. The Balaban J connectivity index is 0. The number of amides is 2. The molecule has 0 aliphatic carbocycles. The summed E-state index contributed by atoms with van der Waals surface area (Å²) >= 11 is 0. The fourth-order valence-electron chi connectivity index (χ4n) is 2.46. The minimum atomic E-state index is -1.17. The van der Waals surface area contributed by atoms with Gasteiger partial charge < -0.3 is 26.8 Å². The molecule has 1 heterocycles. The summed E-state index contributed by atoms with van der Waals surface area (Å²) in [6.45, 7) is 11.1. The van der Waals surface area contributed by atoms with Crippen molar-refractivity contribution in [3.63, 3.8) is 0 Å². The summed E-state index contributed by atoms with van der Waals surface area (Å²) < 4.78 is 4.82. The van der Waals surface area contributed by atoms with E-state index in [2.05, 4.69) is 29.4 Å². The number of nitrogens with zero attached hydrogens (tertiary/aromatic N) is 1. The van der Waals surface area contributed by atoms with E-state index in [1.165, 1.54) is 0 Å². The number of aliphatic carboxylic acids is 1. The molecule has 0 unspecified atom stereocenters. The van der Waals surface area contributed by atoms with Gasteiger partial charge in [-0.05, 0) is 25.4 Å². The Morgan fingerprint density at radius 3 is 2.24 bits per heavy atom. The number of likely N-dealkylation sites (N-methyl/N-ethyl adjacent to an activating group) is 1. The number of hydrogen-bond donors (Lipinski definition) is 3. The Labute approximate surface area is 172 Å². The Hall–Kier alpha value is -0.670. The van der Waals surface area contributed by atoms with Crippen molar-refractivity contribution < 1.29 is 55.2 Å². The van der Waals surface area contributed by atoms with Crippen molar-refractivity contribution in [2.24, 2.45) is 5.92 Å². The van der Waals surface area contributed by atoms with Crippen LogP contribution in [0.25, 0.3) is 0 Å². The zero-order chi connectivity index (χ0) is 18.3. The van der Waals surface area contributed by atoms with E-state index < -0.39 is 30.1 Å². The third-order valence-electron chi connectivity index (χ3n) is 3.96. The summed E-state index contributed by atoms with van der Waals surface area (Å²) in [6.07, 6.45) is -1.62. The van der Waals surface area contributed by atoms with Crippen LogP contribution in [0, 0.1) is 5.92 Å². The molecule has 0 bridgehead atoms. The molecule has 140 valence electrons. The molecule has 1 aliphatic rings. The minimum Gasteiger partial charge on any atom is -1.00 e. The molecule has 3 atom stereocenters. The smallest absolute Gasteiger partial charge is 1.00 e. The monoisotopic (exact) mass is 367 g/mol. The molecular weight excluding hydrogens is 337 g/mol. The van der Waals surface area contributed by atoms with Crippen LogP contribution in [0.5, 0.6) is 0 Å². The van der Waals surface area contributed by atoms with E-state index in [1.807, 2.05) is 13.8 Å². The van der Waals surface area contributed by atoms with Crippen LogP contribution in [0.3, 0.4) is 0 Å². The number of ether oxygens (including phenoxy) is 1. The van der Waals surface area contributed by atoms with Crippen LogP contribution in [-0.4, -0.2) is 72.2 Å². The number of epoxide rings is 1. The first-order chi connectivity index (χ1) is 11.3. The minimum absolute atomic E-state index is 0. The van der Waals surface area contributed by atoms with E-state index >= 15 is 0 Å². The largest absolute Gasteiger partial charge is 1.00 e. The summed E-state index contributed by atoms with van der Waals surface area (Å²) in [5, 5.41) is 14.2. The maximum absolute atomic E-state index is 12.3. The number of carbonyl (C=O) groups excluding carboxylic acids is 2. The van der Waals surface area contributed by atoms with Crippen LogP contribution in [0.2, 0.25) is 0 Å². The molecule has 2 amide bonds. The van der Waals surface area contributed by atoms with Gasteiger partial charge in [0.15, 0.2) is 12.2 Å². The number of carboxylic acids is 1. The molecule has 0 saturated carbocycles. The summed E-state index contributed by atoms with van der Waals surface area (Å²) in [5.74, 6) is -1.76. The van der Waals surface area contributed by atoms with Gasteiger partial charge in [-0.3, -0.25) is 9.59 Å². The first-order valence-corrected chi connectivity index (χ1v) is 8.48. The van der Waals surface area contributed by atoms with Crippen molar-refractivity contribution in [1.29, 1.82) is 0 Å². The zero-order valence-electron chi connectivity index (χ0n) is 16.9. The predicted octanol–water partition coefficient (Wildman–Crippen LogP) is -3.06. The molecule has 1 fully saturated rings. The number of rotatable bonds is 11. The Morgan fingerprint density at radius 1 is 1.20 bits per heavy atom. The maximum Gasteiger partial charge on any atom is 1.00 e. The molecule has 1 aliphatic heterocycles. The van der Waals surface area contributed by atoms with Crippen molar-refractivity contribution in [3.8, 4) is 0 Å². The molecule has 3 N–H and O–H groups in total. The molecule has 0 spiro atoms. The molecule has 0 aromatic rings. The number of carboxylic acid groups (broad SMARTS) is 1. The number of nitrogens with one attached hydrogen (secondary N) is 2. The van der Waals surface area contributed by atoms with E-state index in [1.54, 1.807) is 0 Å². The third-order valence-corrected chi connectivity index (χ3v) is 3.96. The van der Waals surface area contributed by atoms with E-state index in [9.17, 15) is 14.4 Å². The van der Waals surface area contributed by atoms with Crippen molar-refractivity contribution in [2.45, 2.75) is 52.4 Å². The number of carbonyl (C=O) groups is 3. The standard InChI is InChI=1S/C16H29N3O5.Na.H/c1-5-19(6-2)8-7-17-14(20)11(9-10(3)4)18-15(21)12-13(24-12)16(22)23;;/h10-13H,5-9H2,1-4H3,(H,17,20)(H,18,21)(H,22,23);;/q;+1;-1/t11-,12-,13-;;/m0../s1. The van der Waals surface area contributed by atoms with Gasteiger partial charge in [-0.1, -0.05) is 27.7 Å². The van der Waals surface area contributed by atoms with Crippen molar-refractivity contribution in [2.75, 3.05) is 26.2 Å². The molecule has 25 heavy (non-hydrogen) atoms. The molecule has 0 aromatic heterocycles. The van der Waals surface area contributed by atoms with Crippen LogP contribution in [0.4, 0.5) is 0 Å². The van der Waals surface area contributed by atoms with Gasteiger partial charge in [0.2, 0.25) is 5.91 Å². The van der Waals surface area contributed by atoms with Crippen LogP contribution in [0.15, 0.2) is 0 Å². The molecule has 9 heteroatoms. The summed E-state index contributed by atoms with van der Waals surface area (Å²) in [6, 6.07) is -0.687. The van der Waals surface area contributed by atoms with E-state index in [0.29, 0.717) is 13.0 Å². The first kappa shape index (κ1) is 24.3. The maximum atomic E-state index is 12.3.